The van der Waals surface area contributed by atoms with Crippen molar-refractivity contribution < 1.29 is 9.59 Å². The van der Waals surface area contributed by atoms with Gasteiger partial charge in [-0.25, -0.2) is 4.98 Å². The molecular weight excluding hydrogens is 480 g/mol. The molecule has 2 aliphatic heterocycles. The number of likely N-dealkylation sites (tertiary alicyclic amines) is 1. The van der Waals surface area contributed by atoms with Crippen LogP contribution in [0.4, 0.5) is 11.8 Å². The summed E-state index contributed by atoms with van der Waals surface area (Å²) in [5, 5.41) is 12.7. The number of piperidine rings is 1. The minimum atomic E-state index is -0.536. The molecule has 1 atom stereocenters. The number of nitrogens with two attached hydrogens (primary N) is 1. The van der Waals surface area contributed by atoms with Crippen LogP contribution in [0.15, 0.2) is 36.5 Å². The average Bonchev–Trinajstić information content (AvgIpc) is 2.93. The molecular formula is C28H42N8O2. The van der Waals surface area contributed by atoms with E-state index in [4.69, 9.17) is 5.73 Å². The van der Waals surface area contributed by atoms with Crippen molar-refractivity contribution in [2.75, 3.05) is 43.4 Å². The summed E-state index contributed by atoms with van der Waals surface area (Å²) < 4.78 is 0. The van der Waals surface area contributed by atoms with E-state index >= 15 is 0 Å². The van der Waals surface area contributed by atoms with Gasteiger partial charge in [0.1, 0.15) is 11.4 Å². The van der Waals surface area contributed by atoms with E-state index in [1.165, 1.54) is 5.56 Å². The first kappa shape index (κ1) is 27.8. The second-order valence-corrected chi connectivity index (χ2v) is 10.3. The van der Waals surface area contributed by atoms with Crippen LogP contribution in [0.2, 0.25) is 0 Å². The van der Waals surface area contributed by atoms with Crippen LogP contribution in [0.3, 0.4) is 0 Å². The third-order valence-corrected chi connectivity index (χ3v) is 7.21. The van der Waals surface area contributed by atoms with E-state index in [2.05, 4.69) is 60.4 Å². The molecule has 1 aromatic carbocycles. The maximum atomic E-state index is 13.3. The molecule has 0 radical (unpaired) electrons. The number of aromatic nitrogens is 2. The second kappa shape index (κ2) is 14.6. The number of hydrogen-bond acceptors (Lipinski definition) is 8. The van der Waals surface area contributed by atoms with Gasteiger partial charge in [-0.1, -0.05) is 43.2 Å². The topological polar surface area (TPSA) is 137 Å². The number of anilines is 2. The number of amides is 2. The summed E-state index contributed by atoms with van der Waals surface area (Å²) in [5.41, 5.74) is 7.81. The van der Waals surface area contributed by atoms with Crippen molar-refractivity contribution in [3.05, 3.63) is 47.7 Å². The molecule has 10 heteroatoms. The van der Waals surface area contributed by atoms with Crippen LogP contribution in [0.5, 0.6) is 0 Å². The zero-order valence-electron chi connectivity index (χ0n) is 22.3. The van der Waals surface area contributed by atoms with Crippen molar-refractivity contribution in [2.24, 2.45) is 5.73 Å². The Bertz CT molecular complexity index is 1030. The van der Waals surface area contributed by atoms with Gasteiger partial charge in [0, 0.05) is 51.5 Å². The summed E-state index contributed by atoms with van der Waals surface area (Å²) in [4.78, 5) is 36.9. The summed E-state index contributed by atoms with van der Waals surface area (Å²) in [5.74, 6) is 0.748. The number of hydrogen-bond donors (Lipinski definition) is 5. The van der Waals surface area contributed by atoms with E-state index < -0.39 is 6.04 Å². The molecule has 2 aromatic rings. The van der Waals surface area contributed by atoms with Gasteiger partial charge in [0.2, 0.25) is 11.9 Å². The van der Waals surface area contributed by atoms with Gasteiger partial charge in [0.15, 0.2) is 0 Å². The van der Waals surface area contributed by atoms with Crippen LogP contribution in [0.1, 0.15) is 67.3 Å². The molecule has 0 saturated carbocycles. The van der Waals surface area contributed by atoms with Gasteiger partial charge in [0.25, 0.3) is 5.91 Å². The first-order valence-corrected chi connectivity index (χ1v) is 14.0. The number of nitrogens with zero attached hydrogens (tertiary/aromatic N) is 3. The SMILES string of the molecule is NC1CCCNc2nc(ncc2C(=O)NC2CCN(Cc3ccccc3)CC2)NCCCCCCNC1=O. The summed E-state index contributed by atoms with van der Waals surface area (Å²) in [6, 6.07) is 10.1. The lowest BCUT2D eigenvalue weighted by Crippen LogP contribution is -2.44. The molecule has 2 amide bonds. The maximum Gasteiger partial charge on any atom is 0.256 e. The molecule has 0 spiro atoms. The molecule has 3 heterocycles. The minimum Gasteiger partial charge on any atom is -0.369 e. The lowest BCUT2D eigenvalue weighted by Gasteiger charge is -2.32. The minimum absolute atomic E-state index is 0.102. The molecule has 4 rings (SSSR count). The smallest absolute Gasteiger partial charge is 0.256 e. The lowest BCUT2D eigenvalue weighted by atomic mass is 10.0. The fraction of sp³-hybridized carbons (Fsp3) is 0.571. The van der Waals surface area contributed by atoms with Gasteiger partial charge in [-0.05, 0) is 44.1 Å². The highest BCUT2D eigenvalue weighted by molar-refractivity contribution is 5.98. The Hall–Kier alpha value is -3.24. The Kier molecular flexibility index (Phi) is 10.7. The predicted octanol–water partition coefficient (Wildman–Crippen LogP) is 2.49. The summed E-state index contributed by atoms with van der Waals surface area (Å²) in [7, 11) is 0. The number of carbonyl (C=O) groups is 2. The summed E-state index contributed by atoms with van der Waals surface area (Å²) in [6.07, 6.45) is 8.65. The molecule has 2 aliphatic rings. The van der Waals surface area contributed by atoms with E-state index in [-0.39, 0.29) is 17.9 Å². The molecule has 6 N–H and O–H groups in total. The number of fused-ring (bicyclic) bond motifs is 2. The van der Waals surface area contributed by atoms with Crippen LogP contribution in [0.25, 0.3) is 0 Å². The van der Waals surface area contributed by atoms with E-state index in [1.54, 1.807) is 6.20 Å². The van der Waals surface area contributed by atoms with Crippen LogP contribution < -0.4 is 27.0 Å². The van der Waals surface area contributed by atoms with Gasteiger partial charge >= 0.3 is 0 Å². The Labute approximate surface area is 225 Å². The molecule has 2 bridgehead atoms. The van der Waals surface area contributed by atoms with Gasteiger partial charge < -0.3 is 27.0 Å². The molecule has 0 aliphatic carbocycles. The highest BCUT2D eigenvalue weighted by atomic mass is 16.2. The third-order valence-electron chi connectivity index (χ3n) is 7.21. The molecule has 1 unspecified atom stereocenters. The first-order valence-electron chi connectivity index (χ1n) is 14.0. The van der Waals surface area contributed by atoms with E-state index in [0.717, 1.165) is 64.7 Å². The average molecular weight is 523 g/mol. The van der Waals surface area contributed by atoms with Gasteiger partial charge in [-0.15, -0.1) is 0 Å². The fourth-order valence-corrected chi connectivity index (χ4v) is 4.91. The van der Waals surface area contributed by atoms with Crippen molar-refractivity contribution in [3.8, 4) is 0 Å². The summed E-state index contributed by atoms with van der Waals surface area (Å²) in [6.45, 7) is 4.78. The highest BCUT2D eigenvalue weighted by Gasteiger charge is 2.23. The van der Waals surface area contributed by atoms with Crippen LogP contribution in [-0.2, 0) is 11.3 Å². The van der Waals surface area contributed by atoms with Crippen molar-refractivity contribution >= 4 is 23.6 Å². The van der Waals surface area contributed by atoms with E-state index in [0.29, 0.717) is 43.3 Å². The lowest BCUT2D eigenvalue weighted by molar-refractivity contribution is -0.122. The van der Waals surface area contributed by atoms with Crippen molar-refractivity contribution in [2.45, 2.75) is 70.0 Å². The quantitative estimate of drug-likeness (QED) is 0.413. The Balaban J connectivity index is 1.34. The van der Waals surface area contributed by atoms with Crippen molar-refractivity contribution in [3.63, 3.8) is 0 Å². The van der Waals surface area contributed by atoms with Crippen molar-refractivity contribution in [1.82, 2.24) is 25.5 Å². The monoisotopic (exact) mass is 522 g/mol. The van der Waals surface area contributed by atoms with Crippen LogP contribution in [-0.4, -0.2) is 71.5 Å². The molecule has 1 saturated heterocycles. The molecule has 10 nitrogen and oxygen atoms in total. The van der Waals surface area contributed by atoms with Crippen LogP contribution >= 0.6 is 0 Å². The standard InChI is InChI=1S/C28H42N8O2/c29-24-11-8-16-30-25-23(19-33-28(35-25)32-15-7-2-1-6-14-31-27(24)38)26(37)34-22-12-17-36(18-13-22)20-21-9-4-3-5-10-21/h3-5,9-10,19,22,24H,1-2,6-8,11-18,20,29H2,(H,31,38)(H,34,37)(H2,30,32,33,35). The summed E-state index contributed by atoms with van der Waals surface area (Å²) >= 11 is 0. The van der Waals surface area contributed by atoms with Gasteiger partial charge in [-0.2, -0.15) is 4.98 Å². The van der Waals surface area contributed by atoms with Gasteiger partial charge in [0.05, 0.1) is 6.04 Å². The van der Waals surface area contributed by atoms with E-state index in [9.17, 15) is 9.59 Å². The second-order valence-electron chi connectivity index (χ2n) is 10.3. The Morgan fingerprint density at radius 1 is 0.947 bits per heavy atom. The largest absolute Gasteiger partial charge is 0.369 e. The van der Waals surface area contributed by atoms with Crippen molar-refractivity contribution in [1.29, 1.82) is 0 Å². The number of benzene rings is 1. The van der Waals surface area contributed by atoms with Crippen LogP contribution in [0, 0.1) is 0 Å². The maximum absolute atomic E-state index is 13.3. The molecule has 1 aromatic heterocycles. The molecule has 38 heavy (non-hydrogen) atoms. The highest BCUT2D eigenvalue weighted by Crippen LogP contribution is 2.18. The normalized spacial score (nSPS) is 20.9. The Morgan fingerprint density at radius 2 is 1.66 bits per heavy atom. The zero-order valence-corrected chi connectivity index (χ0v) is 22.3. The number of rotatable bonds is 4. The van der Waals surface area contributed by atoms with E-state index in [1.807, 2.05) is 6.07 Å². The Morgan fingerprint density at radius 3 is 2.42 bits per heavy atom. The first-order chi connectivity index (χ1) is 18.6. The third kappa shape index (κ3) is 8.66. The number of nitrogens with one attached hydrogen (secondary N) is 4. The molecule has 1 fully saturated rings. The fourth-order valence-electron chi connectivity index (χ4n) is 4.91. The van der Waals surface area contributed by atoms with Gasteiger partial charge in [-0.3, -0.25) is 14.5 Å². The molecule has 206 valence electrons. The zero-order chi connectivity index (χ0) is 26.6. The predicted molar refractivity (Wildman–Crippen MR) is 150 cm³/mol. The number of carbonyl (C=O) groups excluding carboxylic acids is 2.